The van der Waals surface area contributed by atoms with E-state index in [1.54, 1.807) is 0 Å². The van der Waals surface area contributed by atoms with Crippen LogP contribution in [0.4, 0.5) is 0 Å². The molecular weight excluding hydrogens is 221 g/mol. The molecule has 0 saturated carbocycles. The maximum atomic E-state index is 8.51. The highest BCUT2D eigenvalue weighted by Crippen LogP contribution is 2.08. The molecule has 1 saturated heterocycles. The van der Waals surface area contributed by atoms with Crippen LogP contribution < -0.4 is 0 Å². The lowest BCUT2D eigenvalue weighted by Gasteiger charge is -2.33. The van der Waals surface area contributed by atoms with Gasteiger partial charge in [-0.25, -0.2) is 0 Å². The smallest absolute Gasteiger partial charge is 0.0866 e. The average Bonchev–Trinajstić information content (AvgIpc) is 2.21. The Hall–Kier alpha value is -0.270. The maximum absolute atomic E-state index is 8.51. The van der Waals surface area contributed by atoms with Gasteiger partial charge in [0.15, 0.2) is 0 Å². The molecule has 0 atom stereocenters. The molecule has 14 heavy (non-hydrogen) atoms. The average molecular weight is 234 g/mol. The summed E-state index contributed by atoms with van der Waals surface area (Å²) in [7, 11) is 0. The van der Waals surface area contributed by atoms with Gasteiger partial charge in [-0.15, -0.1) is 0 Å². The zero-order valence-electron chi connectivity index (χ0n) is 7.92. The third-order valence-corrected chi connectivity index (χ3v) is 2.86. The maximum Gasteiger partial charge on any atom is 0.0866 e. The number of nitrogens with zero attached hydrogens (tertiary/aromatic N) is 3. The standard InChI is InChI=1S/C9H13Cl2N3/c10-7-9(11)8-14-5-3-13(2-1-12)4-6-14/h7H,2-6,8H2/b9-7+. The minimum atomic E-state index is 0.521. The summed E-state index contributed by atoms with van der Waals surface area (Å²) >= 11 is 11.3. The molecule has 1 fully saturated rings. The van der Waals surface area contributed by atoms with Gasteiger partial charge in [0.05, 0.1) is 12.6 Å². The van der Waals surface area contributed by atoms with Crippen molar-refractivity contribution in [3.05, 3.63) is 10.6 Å². The van der Waals surface area contributed by atoms with Gasteiger partial charge in [0.25, 0.3) is 0 Å². The first-order valence-electron chi connectivity index (χ1n) is 4.52. The minimum Gasteiger partial charge on any atom is -0.296 e. The van der Waals surface area contributed by atoms with Gasteiger partial charge < -0.3 is 0 Å². The third kappa shape index (κ3) is 3.85. The van der Waals surface area contributed by atoms with E-state index in [4.69, 9.17) is 28.5 Å². The Kier molecular flexibility index (Phi) is 5.28. The summed E-state index contributed by atoms with van der Waals surface area (Å²) in [6, 6.07) is 2.15. The first kappa shape index (κ1) is 11.8. The van der Waals surface area contributed by atoms with E-state index in [1.165, 1.54) is 5.54 Å². The largest absolute Gasteiger partial charge is 0.296 e. The number of piperazine rings is 1. The van der Waals surface area contributed by atoms with Crippen LogP contribution in [0.1, 0.15) is 0 Å². The lowest BCUT2D eigenvalue weighted by Crippen LogP contribution is -2.46. The van der Waals surface area contributed by atoms with Gasteiger partial charge in [0.1, 0.15) is 0 Å². The molecule has 0 aromatic rings. The molecule has 1 aliphatic rings. The van der Waals surface area contributed by atoms with E-state index in [0.717, 1.165) is 26.2 Å². The molecule has 1 aliphatic heterocycles. The number of nitriles is 1. The summed E-state index contributed by atoms with van der Waals surface area (Å²) in [5, 5.41) is 9.18. The molecule has 0 amide bonds. The quantitative estimate of drug-likeness (QED) is 0.692. The van der Waals surface area contributed by atoms with E-state index in [-0.39, 0.29) is 0 Å². The Labute approximate surface area is 94.5 Å². The number of hydrogen-bond acceptors (Lipinski definition) is 3. The van der Waals surface area contributed by atoms with Gasteiger partial charge in [0.2, 0.25) is 0 Å². The Bertz CT molecular complexity index is 239. The van der Waals surface area contributed by atoms with Crippen molar-refractivity contribution < 1.29 is 0 Å². The van der Waals surface area contributed by atoms with E-state index >= 15 is 0 Å². The lowest BCUT2D eigenvalue weighted by atomic mass is 10.3. The van der Waals surface area contributed by atoms with Gasteiger partial charge in [-0.1, -0.05) is 23.2 Å². The van der Waals surface area contributed by atoms with E-state index < -0.39 is 0 Å². The van der Waals surface area contributed by atoms with Crippen molar-refractivity contribution in [2.75, 3.05) is 39.3 Å². The molecule has 0 unspecified atom stereocenters. The summed E-state index contributed by atoms with van der Waals surface area (Å²) < 4.78 is 0. The molecule has 0 spiro atoms. The topological polar surface area (TPSA) is 30.3 Å². The molecular formula is C9H13Cl2N3. The first-order valence-corrected chi connectivity index (χ1v) is 5.34. The summed E-state index contributed by atoms with van der Waals surface area (Å²) in [6.45, 7) is 4.99. The molecule has 1 rings (SSSR count). The Balaban J connectivity index is 2.26. The Morgan fingerprint density at radius 1 is 1.29 bits per heavy atom. The van der Waals surface area contributed by atoms with Crippen molar-refractivity contribution >= 4 is 23.2 Å². The SMILES string of the molecule is N#CCN1CCN(C/C(Cl)=C\Cl)CC1. The van der Waals surface area contributed by atoms with Crippen molar-refractivity contribution in [3.63, 3.8) is 0 Å². The first-order chi connectivity index (χ1) is 6.76. The molecule has 0 bridgehead atoms. The van der Waals surface area contributed by atoms with E-state index in [0.29, 0.717) is 18.1 Å². The van der Waals surface area contributed by atoms with Crippen molar-refractivity contribution in [2.45, 2.75) is 0 Å². The Morgan fingerprint density at radius 3 is 2.36 bits per heavy atom. The predicted octanol–water partition coefficient (Wildman–Crippen LogP) is 1.45. The van der Waals surface area contributed by atoms with E-state index in [2.05, 4.69) is 15.9 Å². The fourth-order valence-corrected chi connectivity index (χ4v) is 1.69. The molecule has 78 valence electrons. The second-order valence-corrected chi connectivity index (χ2v) is 3.97. The van der Waals surface area contributed by atoms with Crippen molar-refractivity contribution in [1.82, 2.24) is 9.80 Å². The number of rotatable bonds is 3. The van der Waals surface area contributed by atoms with Gasteiger partial charge >= 0.3 is 0 Å². The Morgan fingerprint density at radius 2 is 1.86 bits per heavy atom. The van der Waals surface area contributed by atoms with Gasteiger partial charge in [-0.3, -0.25) is 9.80 Å². The fourth-order valence-electron chi connectivity index (χ4n) is 1.45. The second-order valence-electron chi connectivity index (χ2n) is 3.27. The van der Waals surface area contributed by atoms with Crippen LogP contribution >= 0.6 is 23.2 Å². The highest BCUT2D eigenvalue weighted by Gasteiger charge is 2.16. The van der Waals surface area contributed by atoms with Gasteiger partial charge in [0, 0.05) is 43.3 Å². The molecule has 0 aromatic heterocycles. The van der Waals surface area contributed by atoms with Crippen LogP contribution in [0, 0.1) is 11.3 Å². The molecule has 0 radical (unpaired) electrons. The molecule has 0 aliphatic carbocycles. The lowest BCUT2D eigenvalue weighted by molar-refractivity contribution is 0.154. The van der Waals surface area contributed by atoms with Crippen molar-refractivity contribution in [1.29, 1.82) is 5.26 Å². The van der Waals surface area contributed by atoms with E-state index in [1.807, 2.05) is 0 Å². The second kappa shape index (κ2) is 6.26. The molecule has 0 aromatic carbocycles. The zero-order chi connectivity index (χ0) is 10.4. The van der Waals surface area contributed by atoms with Crippen LogP contribution in [0.2, 0.25) is 0 Å². The van der Waals surface area contributed by atoms with Crippen molar-refractivity contribution in [2.24, 2.45) is 0 Å². The van der Waals surface area contributed by atoms with Crippen LogP contribution in [0.15, 0.2) is 10.6 Å². The fraction of sp³-hybridized carbons (Fsp3) is 0.667. The summed E-state index contributed by atoms with van der Waals surface area (Å²) in [5.74, 6) is 0. The zero-order valence-corrected chi connectivity index (χ0v) is 9.43. The van der Waals surface area contributed by atoms with Crippen LogP contribution in [-0.4, -0.2) is 49.1 Å². The summed E-state index contributed by atoms with van der Waals surface area (Å²) in [4.78, 5) is 4.36. The third-order valence-electron chi connectivity index (χ3n) is 2.25. The number of hydrogen-bond donors (Lipinski definition) is 0. The minimum absolute atomic E-state index is 0.521. The number of halogens is 2. The van der Waals surface area contributed by atoms with Crippen LogP contribution in [0.5, 0.6) is 0 Å². The molecule has 3 nitrogen and oxygen atoms in total. The predicted molar refractivity (Wildman–Crippen MR) is 58.3 cm³/mol. The van der Waals surface area contributed by atoms with Crippen LogP contribution in [0.25, 0.3) is 0 Å². The molecule has 0 N–H and O–H groups in total. The highest BCUT2D eigenvalue weighted by molar-refractivity contribution is 6.36. The van der Waals surface area contributed by atoms with Gasteiger partial charge in [-0.05, 0) is 0 Å². The van der Waals surface area contributed by atoms with Crippen molar-refractivity contribution in [3.8, 4) is 6.07 Å². The summed E-state index contributed by atoms with van der Waals surface area (Å²) in [5.41, 5.74) is 1.41. The van der Waals surface area contributed by atoms with Crippen LogP contribution in [0.3, 0.4) is 0 Å². The normalized spacial score (nSPS) is 20.8. The van der Waals surface area contributed by atoms with Gasteiger partial charge in [-0.2, -0.15) is 5.26 Å². The molecule has 5 heteroatoms. The van der Waals surface area contributed by atoms with E-state index in [9.17, 15) is 0 Å². The molecule has 1 heterocycles. The van der Waals surface area contributed by atoms with Crippen LogP contribution in [-0.2, 0) is 0 Å². The monoisotopic (exact) mass is 233 g/mol. The summed E-state index contributed by atoms with van der Waals surface area (Å²) in [6.07, 6.45) is 0. The highest BCUT2D eigenvalue weighted by atomic mass is 35.5.